The highest BCUT2D eigenvalue weighted by atomic mass is 14.3. The van der Waals surface area contributed by atoms with Crippen LogP contribution in [0.25, 0.3) is 0 Å². The van der Waals surface area contributed by atoms with E-state index >= 15 is 0 Å². The lowest BCUT2D eigenvalue weighted by Gasteiger charge is -2.33. The summed E-state index contributed by atoms with van der Waals surface area (Å²) in [5.74, 6) is 0. The first-order valence-electron chi connectivity index (χ1n) is 10.7. The van der Waals surface area contributed by atoms with Gasteiger partial charge >= 0.3 is 0 Å². The molecule has 0 bridgehead atoms. The topological polar surface area (TPSA) is 0 Å². The van der Waals surface area contributed by atoms with Gasteiger partial charge in [-0.1, -0.05) is 141 Å². The van der Waals surface area contributed by atoms with E-state index in [0.29, 0.717) is 20.1 Å². The molecule has 0 fully saturated rings. The highest BCUT2D eigenvalue weighted by Crippen LogP contribution is 2.47. The Kier molecular flexibility index (Phi) is 3.06. The Morgan fingerprint density at radius 3 is 1.07 bits per heavy atom. The van der Waals surface area contributed by atoms with Gasteiger partial charge in [-0.2, -0.15) is 0 Å². The smallest absolute Gasteiger partial charge is 0.0800 e. The van der Waals surface area contributed by atoms with Crippen molar-refractivity contribution in [2.24, 2.45) is 0 Å². The largest absolute Gasteiger partial charge is 0.201 e. The lowest BCUT2D eigenvalue weighted by Crippen LogP contribution is -2.52. The predicted octanol–water partition coefficient (Wildman–Crippen LogP) is 0.916. The lowest BCUT2D eigenvalue weighted by atomic mass is 9.07. The van der Waals surface area contributed by atoms with Crippen LogP contribution in [0, 0.1) is 0 Å². The van der Waals surface area contributed by atoms with Crippen molar-refractivity contribution in [2.45, 2.75) is 11.5 Å². The number of hydrogen-bond acceptors (Lipinski definition) is 0. The molecule has 0 saturated heterocycles. The normalized spacial score (nSPS) is 14.8. The zero-order valence-corrected chi connectivity index (χ0v) is 16.3. The van der Waals surface area contributed by atoms with E-state index < -0.39 is 0 Å². The fourth-order valence-corrected chi connectivity index (χ4v) is 6.37. The molecule has 29 heavy (non-hydrogen) atoms. The van der Waals surface area contributed by atoms with E-state index in [0.717, 1.165) is 6.42 Å². The number of rotatable bonds is 5. The zero-order valence-electron chi connectivity index (χ0n) is 16.3. The molecule has 4 aromatic rings. The third-order valence-corrected chi connectivity index (χ3v) is 7.57. The van der Waals surface area contributed by atoms with E-state index in [-0.39, 0.29) is 5.11 Å². The molecule has 132 valence electrons. The average molecular weight is 364 g/mol. The first-order chi connectivity index (χ1) is 14.4. The van der Waals surface area contributed by atoms with Gasteiger partial charge in [-0.15, -0.1) is 0 Å². The van der Waals surface area contributed by atoms with Crippen LogP contribution < -0.4 is 32.8 Å². The van der Waals surface area contributed by atoms with E-state index in [4.69, 9.17) is 0 Å². The van der Waals surface area contributed by atoms with Crippen molar-refractivity contribution < 1.29 is 0 Å². The lowest BCUT2D eigenvalue weighted by molar-refractivity contribution is 0.970. The molecule has 0 atom stereocenters. The van der Waals surface area contributed by atoms with Crippen molar-refractivity contribution in [3.63, 3.8) is 0 Å². The molecule has 0 saturated carbocycles. The summed E-state index contributed by atoms with van der Waals surface area (Å²) in [7, 11) is 0. The molecule has 0 N–H and O–H groups in total. The monoisotopic (exact) mass is 364 g/mol. The minimum Gasteiger partial charge on any atom is -0.0800 e. The molecule has 0 aromatic heterocycles. The summed E-state index contributed by atoms with van der Waals surface area (Å²) < 4.78 is 0. The van der Waals surface area contributed by atoms with Crippen LogP contribution in [0.3, 0.4) is 0 Å². The molecule has 4 aromatic carbocycles. The molecule has 3 heterocycles. The van der Waals surface area contributed by atoms with E-state index in [1.807, 2.05) is 0 Å². The predicted molar refractivity (Wildman–Crippen MR) is 127 cm³/mol. The Hall–Kier alpha value is -2.93. The van der Waals surface area contributed by atoms with Gasteiger partial charge in [0, 0.05) is 0 Å². The molecule has 3 aliphatic heterocycles. The minimum atomic E-state index is 0.165. The molecule has 0 unspecified atom stereocenters. The Morgan fingerprint density at radius 1 is 0.414 bits per heavy atom. The molecular weight excluding hydrogens is 345 g/mol. The molecule has 3 heteroatoms. The van der Waals surface area contributed by atoms with Crippen molar-refractivity contribution >= 4 is 52.9 Å². The number of hydrogen-bond donors (Lipinski definition) is 0. The maximum absolute atomic E-state index is 2.36. The quantitative estimate of drug-likeness (QED) is 0.462. The maximum Gasteiger partial charge on any atom is 0.201 e. The fourth-order valence-electron chi connectivity index (χ4n) is 6.37. The van der Waals surface area contributed by atoms with Gasteiger partial charge in [0.1, 0.15) is 0 Å². The standard InChI is InChI=1S/C26H19B3/c1-2-10-19(11-3-1)18-26(27-20-12-4-5-13-21(20)27,28-22-14-6-7-15-23(22)28)29-24-16-8-9-17-25(24)29/h1-17H,18H2. The Labute approximate surface area is 173 Å². The molecule has 0 nitrogen and oxygen atoms in total. The van der Waals surface area contributed by atoms with Crippen LogP contribution in [0.5, 0.6) is 0 Å². The fraction of sp³-hybridized carbons (Fsp3) is 0.0769. The van der Waals surface area contributed by atoms with Crippen molar-refractivity contribution in [1.29, 1.82) is 0 Å². The second-order valence-electron chi connectivity index (χ2n) is 8.96. The summed E-state index contributed by atoms with van der Waals surface area (Å²) in [4.78, 5) is 0. The Bertz CT molecular complexity index is 1070. The minimum absolute atomic E-state index is 0.165. The van der Waals surface area contributed by atoms with Crippen LogP contribution in [0.4, 0.5) is 0 Å². The molecule has 3 aliphatic rings. The second kappa shape index (κ2) is 5.57. The first-order valence-corrected chi connectivity index (χ1v) is 10.7. The molecule has 7 rings (SSSR count). The van der Waals surface area contributed by atoms with Crippen molar-refractivity contribution in [3.8, 4) is 0 Å². The maximum atomic E-state index is 2.36. The van der Waals surface area contributed by atoms with E-state index in [1.165, 1.54) is 5.56 Å². The molecule has 0 amide bonds. The number of fused-ring (bicyclic) bond motifs is 3. The molecular formula is C26H19B3. The molecule has 0 aliphatic carbocycles. The van der Waals surface area contributed by atoms with Gasteiger partial charge in [0.2, 0.25) is 20.1 Å². The summed E-state index contributed by atoms with van der Waals surface area (Å²) in [6, 6.07) is 38.6. The highest BCUT2D eigenvalue weighted by molar-refractivity contribution is 7.32. The first kappa shape index (κ1) is 15.9. The van der Waals surface area contributed by atoms with Crippen LogP contribution in [-0.4, -0.2) is 20.1 Å². The SMILES string of the molecule is c1ccc(CC(B2c3ccccc32)(B2c3ccccc32)B2c3ccccc32)cc1. The Morgan fingerprint density at radius 2 is 0.724 bits per heavy atom. The van der Waals surface area contributed by atoms with Crippen molar-refractivity contribution in [3.05, 3.63) is 109 Å². The van der Waals surface area contributed by atoms with Gasteiger partial charge in [0.05, 0.1) is 0 Å². The van der Waals surface area contributed by atoms with E-state index in [1.54, 1.807) is 32.8 Å². The zero-order chi connectivity index (χ0) is 19.0. The average Bonchev–Trinajstić information content (AvgIpc) is 3.68. The van der Waals surface area contributed by atoms with Gasteiger partial charge in [0.15, 0.2) is 0 Å². The van der Waals surface area contributed by atoms with E-state index in [9.17, 15) is 0 Å². The molecule has 0 radical (unpaired) electrons. The van der Waals surface area contributed by atoms with Gasteiger partial charge in [-0.25, -0.2) is 0 Å². The summed E-state index contributed by atoms with van der Waals surface area (Å²) in [6.07, 6.45) is 1.12. The van der Waals surface area contributed by atoms with Crippen LogP contribution in [-0.2, 0) is 6.42 Å². The second-order valence-corrected chi connectivity index (χ2v) is 8.96. The van der Waals surface area contributed by atoms with Gasteiger partial charge in [-0.05, 0) is 12.0 Å². The van der Waals surface area contributed by atoms with Crippen molar-refractivity contribution in [1.82, 2.24) is 0 Å². The number of benzene rings is 4. The summed E-state index contributed by atoms with van der Waals surface area (Å²) >= 11 is 0. The van der Waals surface area contributed by atoms with Crippen molar-refractivity contribution in [2.75, 3.05) is 0 Å². The summed E-state index contributed by atoms with van der Waals surface area (Å²) in [6.45, 7) is 1.65. The summed E-state index contributed by atoms with van der Waals surface area (Å²) in [5, 5.41) is 0.165. The van der Waals surface area contributed by atoms with E-state index in [2.05, 4.69) is 103 Å². The van der Waals surface area contributed by atoms with Crippen LogP contribution in [0.2, 0.25) is 5.11 Å². The van der Waals surface area contributed by atoms with Crippen LogP contribution >= 0.6 is 0 Å². The third kappa shape index (κ3) is 2.14. The highest BCUT2D eigenvalue weighted by Gasteiger charge is 2.70. The van der Waals surface area contributed by atoms with Gasteiger partial charge in [-0.3, -0.25) is 0 Å². The van der Waals surface area contributed by atoms with Gasteiger partial charge < -0.3 is 0 Å². The van der Waals surface area contributed by atoms with Crippen LogP contribution in [0.15, 0.2) is 103 Å². The summed E-state index contributed by atoms with van der Waals surface area (Å²) in [5.41, 5.74) is 10.9. The Balaban J connectivity index is 1.43. The van der Waals surface area contributed by atoms with Crippen LogP contribution in [0.1, 0.15) is 5.56 Å². The van der Waals surface area contributed by atoms with Gasteiger partial charge in [0.25, 0.3) is 0 Å². The third-order valence-electron chi connectivity index (χ3n) is 7.57. The molecule has 0 spiro atoms.